The molecule has 0 aliphatic carbocycles. The molecule has 0 amide bonds. The molecular formula is C15H20ClFN2O. The zero-order chi connectivity index (χ0) is 14.7. The molecule has 3 nitrogen and oxygen atoms in total. The van der Waals surface area contributed by atoms with E-state index in [0.717, 1.165) is 19.3 Å². The van der Waals surface area contributed by atoms with Gasteiger partial charge in [0.2, 0.25) is 0 Å². The molecule has 2 rings (SSSR count). The van der Waals surface area contributed by atoms with Gasteiger partial charge in [-0.1, -0.05) is 25.4 Å². The van der Waals surface area contributed by atoms with Gasteiger partial charge < -0.3 is 10.2 Å². The minimum atomic E-state index is -0.398. The van der Waals surface area contributed by atoms with Crippen LogP contribution < -0.4 is 5.73 Å². The van der Waals surface area contributed by atoms with Crippen molar-refractivity contribution in [2.24, 2.45) is 17.6 Å². The van der Waals surface area contributed by atoms with Crippen LogP contribution in [0.2, 0.25) is 5.02 Å². The van der Waals surface area contributed by atoms with E-state index in [-0.39, 0.29) is 5.02 Å². The smallest absolute Gasteiger partial charge is 0.195 e. The van der Waals surface area contributed by atoms with Gasteiger partial charge in [0, 0.05) is 12.5 Å². The first-order valence-electron chi connectivity index (χ1n) is 6.95. The van der Waals surface area contributed by atoms with E-state index in [0.29, 0.717) is 35.4 Å². The number of hydrogen-bond donors (Lipinski definition) is 1. The van der Waals surface area contributed by atoms with Crippen molar-refractivity contribution in [1.82, 2.24) is 4.98 Å². The minimum Gasteiger partial charge on any atom is -0.439 e. The molecule has 1 atom stereocenters. The van der Waals surface area contributed by atoms with Crippen LogP contribution in [0.15, 0.2) is 16.5 Å². The van der Waals surface area contributed by atoms with Crippen LogP contribution in [0.4, 0.5) is 4.39 Å². The minimum absolute atomic E-state index is 0.265. The number of benzene rings is 1. The number of rotatable bonds is 6. The number of aryl methyl sites for hydroxylation is 1. The molecule has 0 bridgehead atoms. The Kier molecular flexibility index (Phi) is 5.00. The molecule has 0 fully saturated rings. The molecule has 0 spiro atoms. The van der Waals surface area contributed by atoms with Gasteiger partial charge in [-0.2, -0.15) is 0 Å². The summed E-state index contributed by atoms with van der Waals surface area (Å²) >= 11 is 5.95. The average Bonchev–Trinajstić information content (AvgIpc) is 2.77. The highest BCUT2D eigenvalue weighted by Crippen LogP contribution is 2.27. The van der Waals surface area contributed by atoms with Gasteiger partial charge in [0.15, 0.2) is 11.5 Å². The molecule has 0 saturated carbocycles. The third-order valence-corrected chi connectivity index (χ3v) is 3.94. The van der Waals surface area contributed by atoms with Gasteiger partial charge in [-0.25, -0.2) is 9.37 Å². The van der Waals surface area contributed by atoms with E-state index in [2.05, 4.69) is 18.8 Å². The molecule has 0 saturated heterocycles. The summed E-state index contributed by atoms with van der Waals surface area (Å²) in [6.45, 7) is 5.07. The van der Waals surface area contributed by atoms with Crippen molar-refractivity contribution in [3.05, 3.63) is 28.9 Å². The third kappa shape index (κ3) is 3.49. The van der Waals surface area contributed by atoms with Crippen molar-refractivity contribution in [2.45, 2.75) is 33.1 Å². The Hall–Kier alpha value is -1.13. The van der Waals surface area contributed by atoms with Gasteiger partial charge in [-0.3, -0.25) is 0 Å². The lowest BCUT2D eigenvalue weighted by atomic mass is 9.88. The van der Waals surface area contributed by atoms with E-state index in [9.17, 15) is 4.39 Å². The molecule has 2 N–H and O–H groups in total. The van der Waals surface area contributed by atoms with E-state index in [1.165, 1.54) is 12.1 Å². The fourth-order valence-electron chi connectivity index (χ4n) is 2.45. The van der Waals surface area contributed by atoms with E-state index in [1.54, 1.807) is 0 Å². The molecule has 0 aliphatic heterocycles. The van der Waals surface area contributed by atoms with Crippen LogP contribution in [-0.4, -0.2) is 11.5 Å². The van der Waals surface area contributed by atoms with Crippen LogP contribution in [0.3, 0.4) is 0 Å². The fraction of sp³-hybridized carbons (Fsp3) is 0.533. The van der Waals surface area contributed by atoms with Crippen LogP contribution in [0.25, 0.3) is 11.1 Å². The largest absolute Gasteiger partial charge is 0.439 e. The summed E-state index contributed by atoms with van der Waals surface area (Å²) in [4.78, 5) is 4.30. The lowest BCUT2D eigenvalue weighted by Gasteiger charge is -2.18. The predicted molar refractivity (Wildman–Crippen MR) is 79.3 cm³/mol. The van der Waals surface area contributed by atoms with Crippen molar-refractivity contribution in [1.29, 1.82) is 0 Å². The van der Waals surface area contributed by atoms with E-state index < -0.39 is 5.82 Å². The average molecular weight is 299 g/mol. The molecular weight excluding hydrogens is 279 g/mol. The molecule has 1 heterocycles. The van der Waals surface area contributed by atoms with E-state index in [4.69, 9.17) is 21.8 Å². The Morgan fingerprint density at radius 2 is 2.10 bits per heavy atom. The number of halogens is 2. The fourth-order valence-corrected chi connectivity index (χ4v) is 2.69. The van der Waals surface area contributed by atoms with Crippen molar-refractivity contribution < 1.29 is 8.81 Å². The number of aromatic nitrogens is 1. The normalized spacial score (nSPS) is 13.3. The SMILES string of the molecule is CC(C)C(CCN)CCc1nc2cc(F)cc(Cl)c2o1. The Balaban J connectivity index is 2.12. The third-order valence-electron chi connectivity index (χ3n) is 3.66. The Bertz CT molecular complexity index is 583. The lowest BCUT2D eigenvalue weighted by Crippen LogP contribution is -2.15. The van der Waals surface area contributed by atoms with Crippen molar-refractivity contribution in [3.8, 4) is 0 Å². The number of nitrogens with two attached hydrogens (primary N) is 1. The van der Waals surface area contributed by atoms with Gasteiger partial charge in [0.05, 0.1) is 5.02 Å². The Morgan fingerprint density at radius 1 is 1.35 bits per heavy atom. The summed E-state index contributed by atoms with van der Waals surface area (Å²) in [6.07, 6.45) is 2.67. The summed E-state index contributed by atoms with van der Waals surface area (Å²) < 4.78 is 18.9. The first kappa shape index (κ1) is 15.3. The van der Waals surface area contributed by atoms with Gasteiger partial charge >= 0.3 is 0 Å². The second-order valence-electron chi connectivity index (χ2n) is 5.46. The van der Waals surface area contributed by atoms with Crippen LogP contribution in [0, 0.1) is 17.7 Å². The van der Waals surface area contributed by atoms with E-state index >= 15 is 0 Å². The van der Waals surface area contributed by atoms with Crippen LogP contribution in [0.5, 0.6) is 0 Å². The molecule has 1 unspecified atom stereocenters. The Labute approximate surface area is 123 Å². The predicted octanol–water partition coefficient (Wildman–Crippen LogP) is 4.17. The summed E-state index contributed by atoms with van der Waals surface area (Å²) in [5.74, 6) is 1.33. The summed E-state index contributed by atoms with van der Waals surface area (Å²) in [5.41, 5.74) is 6.57. The first-order valence-corrected chi connectivity index (χ1v) is 7.33. The number of nitrogens with zero attached hydrogens (tertiary/aromatic N) is 1. The molecule has 1 aromatic heterocycles. The summed E-state index contributed by atoms with van der Waals surface area (Å²) in [5, 5.41) is 0.265. The Morgan fingerprint density at radius 3 is 2.75 bits per heavy atom. The molecule has 110 valence electrons. The molecule has 0 radical (unpaired) electrons. The topological polar surface area (TPSA) is 52.0 Å². The molecule has 1 aromatic carbocycles. The van der Waals surface area contributed by atoms with Crippen LogP contribution in [-0.2, 0) is 6.42 Å². The van der Waals surface area contributed by atoms with E-state index in [1.807, 2.05) is 0 Å². The monoisotopic (exact) mass is 298 g/mol. The standard InChI is InChI=1S/C15H20ClFN2O/c1-9(2)10(5-6-18)3-4-14-19-13-8-11(17)7-12(16)15(13)20-14/h7-10H,3-6,18H2,1-2H3. The number of hydrogen-bond acceptors (Lipinski definition) is 3. The van der Waals surface area contributed by atoms with Crippen LogP contribution >= 0.6 is 11.6 Å². The van der Waals surface area contributed by atoms with Gasteiger partial charge in [0.25, 0.3) is 0 Å². The highest BCUT2D eigenvalue weighted by atomic mass is 35.5. The second-order valence-corrected chi connectivity index (χ2v) is 5.87. The maximum Gasteiger partial charge on any atom is 0.195 e. The van der Waals surface area contributed by atoms with Crippen molar-refractivity contribution in [2.75, 3.05) is 6.54 Å². The molecule has 5 heteroatoms. The summed E-state index contributed by atoms with van der Waals surface area (Å²) in [7, 11) is 0. The van der Waals surface area contributed by atoms with Gasteiger partial charge in [-0.15, -0.1) is 0 Å². The van der Waals surface area contributed by atoms with Gasteiger partial charge in [0.1, 0.15) is 11.3 Å². The van der Waals surface area contributed by atoms with Gasteiger partial charge in [-0.05, 0) is 37.3 Å². The zero-order valence-corrected chi connectivity index (χ0v) is 12.6. The quantitative estimate of drug-likeness (QED) is 0.870. The molecule has 2 aromatic rings. The number of fused-ring (bicyclic) bond motifs is 1. The van der Waals surface area contributed by atoms with Crippen molar-refractivity contribution in [3.63, 3.8) is 0 Å². The van der Waals surface area contributed by atoms with Crippen LogP contribution in [0.1, 0.15) is 32.6 Å². The maximum absolute atomic E-state index is 13.2. The lowest BCUT2D eigenvalue weighted by molar-refractivity contribution is 0.330. The molecule has 20 heavy (non-hydrogen) atoms. The molecule has 0 aliphatic rings. The van der Waals surface area contributed by atoms with Crippen molar-refractivity contribution >= 4 is 22.7 Å². The maximum atomic E-state index is 13.2. The highest BCUT2D eigenvalue weighted by molar-refractivity contribution is 6.34. The second kappa shape index (κ2) is 6.55. The zero-order valence-electron chi connectivity index (χ0n) is 11.8. The first-order chi connectivity index (χ1) is 9.51. The number of oxazole rings is 1. The summed E-state index contributed by atoms with van der Waals surface area (Å²) in [6, 6.07) is 2.58. The highest BCUT2D eigenvalue weighted by Gasteiger charge is 2.16.